The summed E-state index contributed by atoms with van der Waals surface area (Å²) in [6, 6.07) is 6.48. The number of anilines is 1. The number of carbonyl (C=O) groups excluding carboxylic acids is 1. The van der Waals surface area contributed by atoms with Crippen LogP contribution in [0.5, 0.6) is 5.75 Å². The SMILES string of the molecule is CCNC(=O)CN(c1ccc(OC)cc1)S(C)(=O)=O. The van der Waals surface area contributed by atoms with Crippen molar-refractivity contribution in [3.05, 3.63) is 24.3 Å². The van der Waals surface area contributed by atoms with Crippen LogP contribution in [0.3, 0.4) is 0 Å². The molecule has 1 aromatic rings. The molecule has 0 radical (unpaired) electrons. The molecule has 7 heteroatoms. The van der Waals surface area contributed by atoms with Crippen molar-refractivity contribution in [2.24, 2.45) is 0 Å². The van der Waals surface area contributed by atoms with E-state index in [0.717, 1.165) is 10.6 Å². The van der Waals surface area contributed by atoms with Gasteiger partial charge in [-0.2, -0.15) is 0 Å². The predicted octanol–water partition coefficient (Wildman–Crippen LogP) is 0.597. The molecule has 1 rings (SSSR count). The van der Waals surface area contributed by atoms with E-state index in [4.69, 9.17) is 4.74 Å². The molecule has 1 N–H and O–H groups in total. The molecule has 0 aliphatic rings. The van der Waals surface area contributed by atoms with Crippen molar-refractivity contribution in [1.29, 1.82) is 0 Å². The zero-order valence-electron chi connectivity index (χ0n) is 11.2. The number of nitrogens with one attached hydrogen (secondary N) is 1. The number of carbonyl (C=O) groups is 1. The highest BCUT2D eigenvalue weighted by Crippen LogP contribution is 2.21. The highest BCUT2D eigenvalue weighted by atomic mass is 32.2. The molecular formula is C12H18N2O4S. The quantitative estimate of drug-likeness (QED) is 0.831. The van der Waals surface area contributed by atoms with Crippen LogP contribution in [0.15, 0.2) is 24.3 Å². The fourth-order valence-electron chi connectivity index (χ4n) is 1.53. The minimum Gasteiger partial charge on any atom is -0.497 e. The average molecular weight is 286 g/mol. The van der Waals surface area contributed by atoms with Crippen LogP contribution in [0, 0.1) is 0 Å². The van der Waals surface area contributed by atoms with E-state index < -0.39 is 10.0 Å². The summed E-state index contributed by atoms with van der Waals surface area (Å²) in [6.45, 7) is 1.99. The zero-order chi connectivity index (χ0) is 14.5. The summed E-state index contributed by atoms with van der Waals surface area (Å²) in [6.07, 6.45) is 1.07. The van der Waals surface area contributed by atoms with E-state index >= 15 is 0 Å². The molecule has 1 amide bonds. The molecule has 6 nitrogen and oxygen atoms in total. The van der Waals surface area contributed by atoms with Crippen LogP contribution < -0.4 is 14.4 Å². The lowest BCUT2D eigenvalue weighted by molar-refractivity contribution is -0.119. The molecule has 106 valence electrons. The van der Waals surface area contributed by atoms with E-state index in [-0.39, 0.29) is 12.5 Å². The van der Waals surface area contributed by atoms with Gasteiger partial charge < -0.3 is 10.1 Å². The molecule has 0 aromatic heterocycles. The van der Waals surface area contributed by atoms with Gasteiger partial charge in [-0.3, -0.25) is 9.10 Å². The topological polar surface area (TPSA) is 75.7 Å². The maximum atomic E-state index is 11.7. The molecule has 0 fully saturated rings. The Bertz CT molecular complexity index is 525. The molecule has 0 aliphatic heterocycles. The van der Waals surface area contributed by atoms with Crippen LogP contribution in [0.2, 0.25) is 0 Å². The Morgan fingerprint density at radius 2 is 1.89 bits per heavy atom. The molecule has 0 heterocycles. The van der Waals surface area contributed by atoms with Gasteiger partial charge in [-0.05, 0) is 31.2 Å². The van der Waals surface area contributed by atoms with Gasteiger partial charge in [0.1, 0.15) is 12.3 Å². The summed E-state index contributed by atoms with van der Waals surface area (Å²) in [5.41, 5.74) is 0.426. The Kier molecular flexibility index (Phi) is 5.17. The highest BCUT2D eigenvalue weighted by molar-refractivity contribution is 7.92. The highest BCUT2D eigenvalue weighted by Gasteiger charge is 2.20. The van der Waals surface area contributed by atoms with E-state index in [1.165, 1.54) is 7.11 Å². The number of rotatable bonds is 6. The van der Waals surface area contributed by atoms with Gasteiger partial charge in [-0.1, -0.05) is 0 Å². The number of nitrogens with zero attached hydrogens (tertiary/aromatic N) is 1. The molecule has 0 unspecified atom stereocenters. The zero-order valence-corrected chi connectivity index (χ0v) is 12.0. The second-order valence-corrected chi connectivity index (χ2v) is 5.83. The molecule has 19 heavy (non-hydrogen) atoms. The van der Waals surface area contributed by atoms with E-state index in [0.29, 0.717) is 18.0 Å². The number of sulfonamides is 1. The summed E-state index contributed by atoms with van der Waals surface area (Å²) in [5, 5.41) is 2.57. The molecule has 0 saturated heterocycles. The maximum Gasteiger partial charge on any atom is 0.240 e. The first-order chi connectivity index (χ1) is 8.88. The van der Waals surface area contributed by atoms with Gasteiger partial charge >= 0.3 is 0 Å². The van der Waals surface area contributed by atoms with Gasteiger partial charge in [-0.15, -0.1) is 0 Å². The van der Waals surface area contributed by atoms with E-state index in [9.17, 15) is 13.2 Å². The van der Waals surface area contributed by atoms with Gasteiger partial charge in [0.25, 0.3) is 0 Å². The Balaban J connectivity index is 3.00. The second kappa shape index (κ2) is 6.42. The van der Waals surface area contributed by atoms with Crippen molar-refractivity contribution >= 4 is 21.6 Å². The van der Waals surface area contributed by atoms with Gasteiger partial charge in [0, 0.05) is 6.54 Å². The third-order valence-electron chi connectivity index (χ3n) is 2.42. The summed E-state index contributed by atoms with van der Waals surface area (Å²) in [5.74, 6) is 0.277. The first-order valence-corrected chi connectivity index (χ1v) is 7.61. The van der Waals surface area contributed by atoms with Crippen molar-refractivity contribution in [2.75, 3.05) is 30.8 Å². The standard InChI is InChI=1S/C12H18N2O4S/c1-4-13-12(15)9-14(19(3,16)17)10-5-7-11(18-2)8-6-10/h5-8H,4,9H2,1-3H3,(H,13,15). The minimum atomic E-state index is -3.52. The second-order valence-electron chi connectivity index (χ2n) is 3.92. The van der Waals surface area contributed by atoms with E-state index in [2.05, 4.69) is 5.32 Å². The Morgan fingerprint density at radius 1 is 1.32 bits per heavy atom. The molecule has 0 atom stereocenters. The van der Waals surface area contributed by atoms with Crippen LogP contribution in [0.25, 0.3) is 0 Å². The fourth-order valence-corrected chi connectivity index (χ4v) is 2.39. The summed E-state index contributed by atoms with van der Waals surface area (Å²) >= 11 is 0. The summed E-state index contributed by atoms with van der Waals surface area (Å²) in [7, 11) is -1.99. The molecule has 0 saturated carbocycles. The molecule has 0 aliphatic carbocycles. The van der Waals surface area contributed by atoms with Crippen molar-refractivity contribution in [1.82, 2.24) is 5.32 Å². The average Bonchev–Trinajstić information content (AvgIpc) is 2.35. The van der Waals surface area contributed by atoms with Gasteiger partial charge in [-0.25, -0.2) is 8.42 Å². The number of ether oxygens (including phenoxy) is 1. The van der Waals surface area contributed by atoms with Crippen LogP contribution in [0.4, 0.5) is 5.69 Å². The third-order valence-corrected chi connectivity index (χ3v) is 3.56. The monoisotopic (exact) mass is 286 g/mol. The molecule has 1 aromatic carbocycles. The number of hydrogen-bond donors (Lipinski definition) is 1. The minimum absolute atomic E-state index is 0.237. The molecular weight excluding hydrogens is 268 g/mol. The lowest BCUT2D eigenvalue weighted by Gasteiger charge is -2.21. The van der Waals surface area contributed by atoms with Crippen molar-refractivity contribution in [2.45, 2.75) is 6.92 Å². The number of likely N-dealkylation sites (N-methyl/N-ethyl adjacent to an activating group) is 1. The molecule has 0 spiro atoms. The number of amides is 1. The Hall–Kier alpha value is -1.76. The smallest absolute Gasteiger partial charge is 0.240 e. The maximum absolute atomic E-state index is 11.7. The van der Waals surface area contributed by atoms with Crippen molar-refractivity contribution < 1.29 is 17.9 Å². The van der Waals surface area contributed by atoms with Crippen LogP contribution in [0.1, 0.15) is 6.92 Å². The third kappa shape index (κ3) is 4.44. The van der Waals surface area contributed by atoms with Crippen LogP contribution >= 0.6 is 0 Å². The number of methoxy groups -OCH3 is 1. The van der Waals surface area contributed by atoms with Gasteiger partial charge in [0.2, 0.25) is 15.9 Å². The Morgan fingerprint density at radius 3 is 2.32 bits per heavy atom. The largest absolute Gasteiger partial charge is 0.497 e. The fraction of sp³-hybridized carbons (Fsp3) is 0.417. The predicted molar refractivity (Wildman–Crippen MR) is 73.9 cm³/mol. The van der Waals surface area contributed by atoms with Crippen LogP contribution in [-0.2, 0) is 14.8 Å². The number of benzene rings is 1. The van der Waals surface area contributed by atoms with Crippen LogP contribution in [-0.4, -0.2) is 40.8 Å². The number of hydrogen-bond acceptors (Lipinski definition) is 4. The van der Waals surface area contributed by atoms with Crippen molar-refractivity contribution in [3.63, 3.8) is 0 Å². The molecule has 0 bridgehead atoms. The first-order valence-electron chi connectivity index (χ1n) is 5.77. The lowest BCUT2D eigenvalue weighted by atomic mass is 10.3. The van der Waals surface area contributed by atoms with Crippen molar-refractivity contribution in [3.8, 4) is 5.75 Å². The lowest BCUT2D eigenvalue weighted by Crippen LogP contribution is -2.40. The Labute approximate surface area is 113 Å². The summed E-state index contributed by atoms with van der Waals surface area (Å²) in [4.78, 5) is 11.6. The first kappa shape index (κ1) is 15.3. The normalized spacial score (nSPS) is 10.9. The summed E-state index contributed by atoms with van der Waals surface area (Å²) < 4.78 is 29.5. The van der Waals surface area contributed by atoms with E-state index in [1.807, 2.05) is 0 Å². The van der Waals surface area contributed by atoms with Gasteiger partial charge in [0.05, 0.1) is 19.1 Å². The van der Waals surface area contributed by atoms with Gasteiger partial charge in [0.15, 0.2) is 0 Å². The van der Waals surface area contributed by atoms with E-state index in [1.54, 1.807) is 31.2 Å².